The molecule has 2 aromatic carbocycles. The van der Waals surface area contributed by atoms with Crippen LogP contribution >= 0.6 is 12.4 Å². The van der Waals surface area contributed by atoms with Gasteiger partial charge in [-0.15, -0.1) is 12.4 Å². The van der Waals surface area contributed by atoms with E-state index in [1.54, 1.807) is 6.92 Å². The molecule has 0 saturated carbocycles. The summed E-state index contributed by atoms with van der Waals surface area (Å²) in [5, 5.41) is 24.3. The molecule has 4 N–H and O–H groups in total. The second-order valence-electron chi connectivity index (χ2n) is 8.17. The van der Waals surface area contributed by atoms with Gasteiger partial charge in [0, 0.05) is 41.8 Å². The van der Waals surface area contributed by atoms with Crippen LogP contribution in [0.3, 0.4) is 0 Å². The lowest BCUT2D eigenvalue weighted by Gasteiger charge is -2.14. The predicted molar refractivity (Wildman–Crippen MR) is 136 cm³/mol. The maximum atomic E-state index is 12.3. The first kappa shape index (κ1) is 25.1. The summed E-state index contributed by atoms with van der Waals surface area (Å²) in [7, 11) is 2.01. The Labute approximate surface area is 203 Å². The number of nitrogens with one attached hydrogen (secondary N) is 2. The Morgan fingerprint density at radius 2 is 1.85 bits per heavy atom. The van der Waals surface area contributed by atoms with E-state index in [1.165, 1.54) is 5.56 Å². The molecule has 0 radical (unpaired) electrons. The normalized spacial score (nSPS) is 11.9. The highest BCUT2D eigenvalue weighted by Crippen LogP contribution is 2.32. The van der Waals surface area contributed by atoms with Crippen molar-refractivity contribution in [3.05, 3.63) is 87.3 Å². The highest BCUT2D eigenvalue weighted by atomic mass is 35.5. The zero-order valence-electron chi connectivity index (χ0n) is 19.3. The summed E-state index contributed by atoms with van der Waals surface area (Å²) >= 11 is 0. The molecule has 0 aliphatic heterocycles. The van der Waals surface area contributed by atoms with Crippen LogP contribution in [0.2, 0.25) is 0 Å². The topological polar surface area (TPSA) is 107 Å². The molecule has 0 aliphatic carbocycles. The third-order valence-corrected chi connectivity index (χ3v) is 6.18. The Bertz CT molecular complexity index is 1390. The van der Waals surface area contributed by atoms with Crippen molar-refractivity contribution in [1.82, 2.24) is 14.9 Å². The summed E-state index contributed by atoms with van der Waals surface area (Å²) in [6, 6.07) is 18.3. The maximum absolute atomic E-state index is 12.3. The van der Waals surface area contributed by atoms with Gasteiger partial charge in [0.05, 0.1) is 5.69 Å². The number of nitrogens with zero attached hydrogens (tertiary/aromatic N) is 1. The Kier molecular flexibility index (Phi) is 7.49. The van der Waals surface area contributed by atoms with E-state index in [-0.39, 0.29) is 18.4 Å². The van der Waals surface area contributed by atoms with Crippen molar-refractivity contribution < 1.29 is 15.0 Å². The average Bonchev–Trinajstić information content (AvgIpc) is 3.12. The molecule has 2 heterocycles. The van der Waals surface area contributed by atoms with Gasteiger partial charge >= 0.3 is 5.97 Å². The number of aromatic hydroxyl groups is 1. The molecule has 7 nitrogen and oxygen atoms in total. The number of benzene rings is 2. The van der Waals surface area contributed by atoms with E-state index in [0.29, 0.717) is 29.8 Å². The second kappa shape index (κ2) is 10.2. The molecule has 34 heavy (non-hydrogen) atoms. The van der Waals surface area contributed by atoms with Gasteiger partial charge in [0.2, 0.25) is 0 Å². The van der Waals surface area contributed by atoms with Gasteiger partial charge in [-0.25, -0.2) is 4.79 Å². The van der Waals surface area contributed by atoms with E-state index >= 15 is 0 Å². The number of aryl methyl sites for hydroxylation is 1. The number of aromatic carboxylic acids is 1. The van der Waals surface area contributed by atoms with Crippen LogP contribution in [0.4, 0.5) is 0 Å². The van der Waals surface area contributed by atoms with Gasteiger partial charge < -0.3 is 25.1 Å². The highest BCUT2D eigenvalue weighted by Gasteiger charge is 2.22. The summed E-state index contributed by atoms with van der Waals surface area (Å²) in [5.74, 6) is -1.92. The third kappa shape index (κ3) is 4.58. The monoisotopic (exact) mass is 481 g/mol. The number of carbonyl (C=O) groups is 1. The number of aromatic amines is 1. The van der Waals surface area contributed by atoms with E-state index in [4.69, 9.17) is 0 Å². The summed E-state index contributed by atoms with van der Waals surface area (Å²) in [6.07, 6.45) is 0.373. The molecule has 4 rings (SSSR count). The number of hydrogen-bond acceptors (Lipinski definition) is 4. The van der Waals surface area contributed by atoms with Gasteiger partial charge in [0.25, 0.3) is 5.56 Å². The second-order valence-corrected chi connectivity index (χ2v) is 8.17. The molecule has 0 unspecified atom stereocenters. The Hall–Kier alpha value is -3.55. The Morgan fingerprint density at radius 3 is 2.50 bits per heavy atom. The van der Waals surface area contributed by atoms with Crippen molar-refractivity contribution in [2.45, 2.75) is 32.9 Å². The van der Waals surface area contributed by atoms with E-state index in [9.17, 15) is 19.8 Å². The summed E-state index contributed by atoms with van der Waals surface area (Å²) in [6.45, 7) is 4.62. The van der Waals surface area contributed by atoms with E-state index in [2.05, 4.69) is 40.0 Å². The van der Waals surface area contributed by atoms with Crippen LogP contribution in [0.5, 0.6) is 5.75 Å². The number of carboxylic acid groups (broad SMARTS) is 1. The first-order valence-corrected chi connectivity index (χ1v) is 10.9. The van der Waals surface area contributed by atoms with Gasteiger partial charge in [-0.1, -0.05) is 43.3 Å². The standard InChI is InChI=1S/C26H27N3O4.ClH/c1-4-20-23(28-25(31)22(24(20)30)26(32)33)17-10-11-21-18(12-17)13-19(29(21)3)14-27-15(2)16-8-6-5-7-9-16;/h5-13,15,27H,4,14H2,1-3H3,(H,32,33)(H2,28,30,31);1H/t15-;/m1./s1. The van der Waals surface area contributed by atoms with Crippen LogP contribution in [0.15, 0.2) is 59.4 Å². The number of aromatic nitrogens is 2. The van der Waals surface area contributed by atoms with Crippen LogP contribution in [0, 0.1) is 0 Å². The molecule has 1 atom stereocenters. The molecule has 0 aliphatic rings. The first-order chi connectivity index (χ1) is 15.8. The van der Waals surface area contributed by atoms with Crippen LogP contribution in [-0.2, 0) is 20.0 Å². The van der Waals surface area contributed by atoms with Crippen molar-refractivity contribution >= 4 is 29.3 Å². The fraction of sp³-hybridized carbons (Fsp3) is 0.231. The SMILES string of the molecule is CCc1c(-c2ccc3c(c2)cc(CN[C@H](C)c2ccccc2)n3C)[nH]c(=O)c(C(=O)O)c1O.Cl. The van der Waals surface area contributed by atoms with Crippen molar-refractivity contribution in [2.75, 3.05) is 0 Å². The third-order valence-electron chi connectivity index (χ3n) is 6.18. The molecule has 2 aromatic heterocycles. The lowest BCUT2D eigenvalue weighted by Crippen LogP contribution is -2.20. The zero-order valence-corrected chi connectivity index (χ0v) is 20.1. The Balaban J connectivity index is 0.00000324. The smallest absolute Gasteiger partial charge is 0.345 e. The fourth-order valence-corrected chi connectivity index (χ4v) is 4.27. The van der Waals surface area contributed by atoms with Crippen LogP contribution in [-0.4, -0.2) is 25.7 Å². The van der Waals surface area contributed by atoms with E-state index in [0.717, 1.165) is 16.6 Å². The number of carboxylic acids is 1. The summed E-state index contributed by atoms with van der Waals surface area (Å²) in [4.78, 5) is 26.4. The lowest BCUT2D eigenvalue weighted by atomic mass is 9.99. The van der Waals surface area contributed by atoms with Crippen LogP contribution < -0.4 is 10.9 Å². The van der Waals surface area contributed by atoms with Gasteiger partial charge in [-0.05, 0) is 42.7 Å². The van der Waals surface area contributed by atoms with Gasteiger partial charge in [0.1, 0.15) is 5.75 Å². The lowest BCUT2D eigenvalue weighted by molar-refractivity contribution is 0.0691. The summed E-state index contributed by atoms with van der Waals surface area (Å²) in [5.41, 5.74) is 3.48. The molecule has 0 fully saturated rings. The molecular weight excluding hydrogens is 454 g/mol. The molecule has 4 aromatic rings. The molecule has 0 amide bonds. The van der Waals surface area contributed by atoms with Gasteiger partial charge in [-0.2, -0.15) is 0 Å². The van der Waals surface area contributed by atoms with Gasteiger partial charge in [-0.3, -0.25) is 4.79 Å². The molecule has 0 bridgehead atoms. The molecule has 178 valence electrons. The number of H-pyrrole nitrogens is 1. The van der Waals surface area contributed by atoms with E-state index in [1.807, 2.05) is 43.4 Å². The molecule has 0 spiro atoms. The predicted octanol–water partition coefficient (Wildman–Crippen LogP) is 4.77. The van der Waals surface area contributed by atoms with E-state index < -0.39 is 22.8 Å². The summed E-state index contributed by atoms with van der Waals surface area (Å²) < 4.78 is 2.12. The van der Waals surface area contributed by atoms with Crippen molar-refractivity contribution in [2.24, 2.45) is 7.05 Å². The largest absolute Gasteiger partial charge is 0.506 e. The minimum Gasteiger partial charge on any atom is -0.506 e. The molecule has 8 heteroatoms. The number of fused-ring (bicyclic) bond motifs is 1. The number of pyridine rings is 1. The molecule has 0 saturated heterocycles. The zero-order chi connectivity index (χ0) is 23.7. The number of halogens is 1. The Morgan fingerprint density at radius 1 is 1.15 bits per heavy atom. The van der Waals surface area contributed by atoms with Crippen LogP contribution in [0.25, 0.3) is 22.2 Å². The van der Waals surface area contributed by atoms with Crippen molar-refractivity contribution in [3.8, 4) is 17.0 Å². The highest BCUT2D eigenvalue weighted by molar-refractivity contribution is 5.92. The van der Waals surface area contributed by atoms with Crippen molar-refractivity contribution in [1.29, 1.82) is 0 Å². The fourth-order valence-electron chi connectivity index (χ4n) is 4.27. The van der Waals surface area contributed by atoms with Crippen molar-refractivity contribution in [3.63, 3.8) is 0 Å². The number of hydrogen-bond donors (Lipinski definition) is 4. The average molecular weight is 482 g/mol. The quantitative estimate of drug-likeness (QED) is 0.304. The van der Waals surface area contributed by atoms with Gasteiger partial charge in [0.15, 0.2) is 5.56 Å². The maximum Gasteiger partial charge on any atom is 0.345 e. The minimum absolute atomic E-state index is 0. The first-order valence-electron chi connectivity index (χ1n) is 10.9. The minimum atomic E-state index is -1.45. The number of rotatable bonds is 7. The molecular formula is C26H28ClN3O4. The van der Waals surface area contributed by atoms with Crippen LogP contribution in [0.1, 0.15) is 47.1 Å².